The van der Waals surface area contributed by atoms with E-state index in [1.807, 2.05) is 0 Å². The summed E-state index contributed by atoms with van der Waals surface area (Å²) < 4.78 is 5.21. The molecule has 9 heteroatoms. The van der Waals surface area contributed by atoms with Crippen molar-refractivity contribution in [1.29, 1.82) is 0 Å². The number of hydrogen-bond donors (Lipinski definition) is 0. The molecule has 2 saturated heterocycles. The lowest BCUT2D eigenvalue weighted by Crippen LogP contribution is -2.68. The van der Waals surface area contributed by atoms with Crippen molar-refractivity contribution in [1.82, 2.24) is 14.7 Å². The summed E-state index contributed by atoms with van der Waals surface area (Å²) >= 11 is 0. The summed E-state index contributed by atoms with van der Waals surface area (Å²) in [5.41, 5.74) is -0.349. The molecule has 0 spiro atoms. The van der Waals surface area contributed by atoms with Gasteiger partial charge in [-0.2, -0.15) is 0 Å². The fourth-order valence-electron chi connectivity index (χ4n) is 6.62. The number of ether oxygens (including phenoxy) is 1. The molecule has 2 atom stereocenters. The molecule has 3 heterocycles. The van der Waals surface area contributed by atoms with Crippen LogP contribution in [0.4, 0.5) is 0 Å². The minimum Gasteiger partial charge on any atom is -0.465 e. The number of Topliss-reactive ketones (excluding diaryl/α,β-unsaturated/α-hetero) is 1. The molecule has 34 heavy (non-hydrogen) atoms. The molecule has 5 aliphatic rings. The van der Waals surface area contributed by atoms with E-state index in [1.54, 1.807) is 16.0 Å². The van der Waals surface area contributed by atoms with Gasteiger partial charge >= 0.3 is 5.97 Å². The van der Waals surface area contributed by atoms with Crippen LogP contribution in [0.15, 0.2) is 11.9 Å². The Labute approximate surface area is 199 Å². The van der Waals surface area contributed by atoms with E-state index in [9.17, 15) is 24.0 Å². The molecule has 2 saturated carbocycles. The topological polar surface area (TPSA) is 104 Å². The Morgan fingerprint density at radius 1 is 0.971 bits per heavy atom. The lowest BCUT2D eigenvalue weighted by atomic mass is 9.80. The zero-order valence-corrected chi connectivity index (χ0v) is 19.8. The molecule has 3 aliphatic heterocycles. The smallest absolute Gasteiger partial charge is 0.302 e. The SMILES string of the molecule is CC(=O)OCC1(C(=O)C(=O)N2C3CCCC2C2=CN(C4CCCC4)C(=O)CN2C3=O)CCCC1. The first-order chi connectivity index (χ1) is 16.3. The quantitative estimate of drug-likeness (QED) is 0.448. The molecule has 0 aromatic heterocycles. The molecule has 5 rings (SSSR count). The maximum Gasteiger partial charge on any atom is 0.302 e. The van der Waals surface area contributed by atoms with Gasteiger partial charge < -0.3 is 19.4 Å². The number of piperidine rings is 1. The zero-order chi connectivity index (χ0) is 24.0. The second-order valence-corrected chi connectivity index (χ2v) is 10.5. The molecule has 0 aromatic carbocycles. The molecule has 184 valence electrons. The van der Waals surface area contributed by atoms with E-state index in [0.717, 1.165) is 44.9 Å². The van der Waals surface area contributed by atoms with Crippen molar-refractivity contribution >= 4 is 29.5 Å². The fourth-order valence-corrected chi connectivity index (χ4v) is 6.62. The van der Waals surface area contributed by atoms with Crippen molar-refractivity contribution < 1.29 is 28.7 Å². The highest BCUT2D eigenvalue weighted by molar-refractivity contribution is 6.38. The molecule has 0 radical (unpaired) electrons. The summed E-state index contributed by atoms with van der Waals surface area (Å²) in [7, 11) is 0. The van der Waals surface area contributed by atoms with Crippen molar-refractivity contribution in [2.24, 2.45) is 5.41 Å². The fraction of sp³-hybridized carbons (Fsp3) is 0.720. The van der Waals surface area contributed by atoms with Gasteiger partial charge in [-0.15, -0.1) is 0 Å². The third-order valence-corrected chi connectivity index (χ3v) is 8.42. The number of nitrogens with zero attached hydrogens (tertiary/aromatic N) is 3. The van der Waals surface area contributed by atoms with Gasteiger partial charge in [0.25, 0.3) is 5.91 Å². The molecular formula is C25H33N3O6. The van der Waals surface area contributed by atoms with E-state index in [1.165, 1.54) is 11.8 Å². The number of esters is 1. The van der Waals surface area contributed by atoms with Gasteiger partial charge in [0.05, 0.1) is 17.2 Å². The van der Waals surface area contributed by atoms with Crippen LogP contribution in [-0.4, -0.2) is 75.5 Å². The maximum absolute atomic E-state index is 13.7. The highest BCUT2D eigenvalue weighted by Crippen LogP contribution is 2.43. The Morgan fingerprint density at radius 2 is 1.65 bits per heavy atom. The molecule has 4 fully saturated rings. The molecule has 2 unspecified atom stereocenters. The van der Waals surface area contributed by atoms with Gasteiger partial charge in [0.15, 0.2) is 0 Å². The number of hydrogen-bond acceptors (Lipinski definition) is 6. The van der Waals surface area contributed by atoms with Crippen LogP contribution in [0.25, 0.3) is 0 Å². The van der Waals surface area contributed by atoms with E-state index >= 15 is 0 Å². The van der Waals surface area contributed by atoms with Crippen LogP contribution in [0.2, 0.25) is 0 Å². The van der Waals surface area contributed by atoms with Crippen LogP contribution in [-0.2, 0) is 28.7 Å². The lowest BCUT2D eigenvalue weighted by molar-refractivity contribution is -0.165. The number of ketones is 1. The number of piperazine rings is 1. The third-order valence-electron chi connectivity index (χ3n) is 8.42. The van der Waals surface area contributed by atoms with Crippen LogP contribution < -0.4 is 0 Å². The Bertz CT molecular complexity index is 946. The number of amides is 3. The molecule has 2 aliphatic carbocycles. The Balaban J connectivity index is 1.46. The molecule has 0 aromatic rings. The van der Waals surface area contributed by atoms with Gasteiger partial charge in [0.2, 0.25) is 17.6 Å². The van der Waals surface area contributed by atoms with E-state index in [4.69, 9.17) is 4.74 Å². The van der Waals surface area contributed by atoms with Gasteiger partial charge in [-0.05, 0) is 44.9 Å². The molecular weight excluding hydrogens is 438 g/mol. The predicted octanol–water partition coefficient (Wildman–Crippen LogP) is 1.90. The standard InChI is InChI=1S/C25H33N3O6/c1-16(29)34-15-25(11-4-5-12-25)22(31)24(33)28-18-9-6-10-19(28)23(32)27-14-21(30)26(13-20(18)27)17-7-2-3-8-17/h13,17-19H,2-12,14-15H2,1H3. The maximum atomic E-state index is 13.7. The summed E-state index contributed by atoms with van der Waals surface area (Å²) in [5, 5.41) is 0. The van der Waals surface area contributed by atoms with Gasteiger partial charge in [0, 0.05) is 19.2 Å². The van der Waals surface area contributed by atoms with Crippen molar-refractivity contribution in [3.05, 3.63) is 11.9 Å². The summed E-state index contributed by atoms with van der Waals surface area (Å²) in [4.78, 5) is 69.9. The van der Waals surface area contributed by atoms with E-state index < -0.39 is 35.2 Å². The number of carbonyl (C=O) groups is 5. The average molecular weight is 472 g/mol. The van der Waals surface area contributed by atoms with Gasteiger partial charge in [-0.25, -0.2) is 0 Å². The van der Waals surface area contributed by atoms with Crippen molar-refractivity contribution in [3.8, 4) is 0 Å². The monoisotopic (exact) mass is 471 g/mol. The summed E-state index contributed by atoms with van der Waals surface area (Å²) in [6, 6.07) is -1.00. The average Bonchev–Trinajstić information content (AvgIpc) is 3.53. The van der Waals surface area contributed by atoms with E-state index in [2.05, 4.69) is 0 Å². The van der Waals surface area contributed by atoms with Crippen molar-refractivity contribution in [3.63, 3.8) is 0 Å². The van der Waals surface area contributed by atoms with Gasteiger partial charge in [-0.3, -0.25) is 24.0 Å². The highest BCUT2D eigenvalue weighted by atomic mass is 16.5. The Hall–Kier alpha value is -2.71. The summed E-state index contributed by atoms with van der Waals surface area (Å²) in [6.07, 6.45) is 10.3. The molecule has 9 nitrogen and oxygen atoms in total. The number of fused-ring (bicyclic) bond motifs is 4. The molecule has 0 N–H and O–H groups in total. The van der Waals surface area contributed by atoms with Gasteiger partial charge in [-0.1, -0.05) is 25.7 Å². The van der Waals surface area contributed by atoms with Crippen LogP contribution in [0.3, 0.4) is 0 Å². The van der Waals surface area contributed by atoms with Gasteiger partial charge in [0.1, 0.15) is 19.2 Å². The first kappa shape index (κ1) is 23.1. The Kier molecular flexibility index (Phi) is 5.98. The highest BCUT2D eigenvalue weighted by Gasteiger charge is 2.55. The van der Waals surface area contributed by atoms with E-state index in [-0.39, 0.29) is 31.0 Å². The van der Waals surface area contributed by atoms with Crippen LogP contribution in [0, 0.1) is 5.41 Å². The lowest BCUT2D eigenvalue weighted by Gasteiger charge is -2.52. The number of carbonyl (C=O) groups excluding carboxylic acids is 5. The zero-order valence-electron chi connectivity index (χ0n) is 19.8. The summed E-state index contributed by atoms with van der Waals surface area (Å²) in [6.45, 7) is 1.20. The first-order valence-corrected chi connectivity index (χ1v) is 12.7. The normalized spacial score (nSPS) is 28.6. The third kappa shape index (κ3) is 3.73. The largest absolute Gasteiger partial charge is 0.465 e. The first-order valence-electron chi connectivity index (χ1n) is 12.7. The second kappa shape index (κ2) is 8.82. The van der Waals surface area contributed by atoms with Crippen molar-refractivity contribution in [2.75, 3.05) is 13.2 Å². The van der Waals surface area contributed by atoms with Crippen LogP contribution in [0.1, 0.15) is 77.6 Å². The minimum atomic E-state index is -1.01. The minimum absolute atomic E-state index is 0.000528. The van der Waals surface area contributed by atoms with Crippen LogP contribution in [0.5, 0.6) is 0 Å². The predicted molar refractivity (Wildman–Crippen MR) is 120 cm³/mol. The van der Waals surface area contributed by atoms with E-state index in [0.29, 0.717) is 31.4 Å². The van der Waals surface area contributed by atoms with Crippen LogP contribution >= 0.6 is 0 Å². The molecule has 2 bridgehead atoms. The molecule has 3 amide bonds. The van der Waals surface area contributed by atoms with Crippen molar-refractivity contribution in [2.45, 2.75) is 95.7 Å². The second-order valence-electron chi connectivity index (χ2n) is 10.5. The summed E-state index contributed by atoms with van der Waals surface area (Å²) in [5.74, 6) is -2.03. The number of rotatable bonds is 5. The Morgan fingerprint density at radius 3 is 2.32 bits per heavy atom.